The summed E-state index contributed by atoms with van der Waals surface area (Å²) in [5, 5.41) is 0.364. The Morgan fingerprint density at radius 3 is 2.47 bits per heavy atom. The molecule has 3 nitrogen and oxygen atoms in total. The molecule has 0 N–H and O–H groups in total. The third-order valence-corrected chi connectivity index (χ3v) is 2.77. The van der Waals surface area contributed by atoms with Gasteiger partial charge >= 0.3 is 10.2 Å². The molecule has 0 bridgehead atoms. The summed E-state index contributed by atoms with van der Waals surface area (Å²) < 4.78 is 38.3. The number of rotatable bonds is 3. The summed E-state index contributed by atoms with van der Waals surface area (Å²) in [5.74, 6) is -0.696. The molecule has 0 saturated heterocycles. The van der Waals surface area contributed by atoms with Gasteiger partial charge in [0, 0.05) is 10.6 Å². The number of methoxy groups -OCH3 is 1. The van der Waals surface area contributed by atoms with Gasteiger partial charge in [0.25, 0.3) is 0 Å². The van der Waals surface area contributed by atoms with Gasteiger partial charge in [0.05, 0.1) is 12.1 Å². The van der Waals surface area contributed by atoms with Crippen LogP contribution in [0.25, 0.3) is 0 Å². The molecule has 0 aliphatic carbocycles. The topological polar surface area (TPSA) is 43.4 Å². The molecule has 0 saturated carbocycles. The van der Waals surface area contributed by atoms with Crippen molar-refractivity contribution in [3.8, 4) is 5.75 Å². The number of ether oxygens (including phenoxy) is 1. The fourth-order valence-electron chi connectivity index (χ4n) is 1.14. The van der Waals surface area contributed by atoms with Crippen molar-refractivity contribution in [3.05, 3.63) is 27.7 Å². The van der Waals surface area contributed by atoms with E-state index in [9.17, 15) is 12.3 Å². The number of benzene rings is 1. The summed E-state index contributed by atoms with van der Waals surface area (Å²) in [4.78, 5) is 0. The molecule has 0 amide bonds. The van der Waals surface area contributed by atoms with Crippen molar-refractivity contribution in [3.63, 3.8) is 0 Å². The average Bonchev–Trinajstić information content (AvgIpc) is 1.99. The van der Waals surface area contributed by atoms with Gasteiger partial charge in [0.2, 0.25) is 0 Å². The molecule has 0 aliphatic rings. The Labute approximate surface area is 97.0 Å². The van der Waals surface area contributed by atoms with Gasteiger partial charge in [-0.3, -0.25) is 0 Å². The molecule has 1 rings (SSSR count). The zero-order valence-electron chi connectivity index (χ0n) is 7.63. The van der Waals surface area contributed by atoms with Crippen LogP contribution in [0.15, 0.2) is 12.1 Å². The maximum atomic E-state index is 12.5. The average molecular weight is 273 g/mol. The first kappa shape index (κ1) is 12.5. The summed E-state index contributed by atoms with van der Waals surface area (Å²) in [6.07, 6.45) is 0. The molecule has 7 heteroatoms. The summed E-state index contributed by atoms with van der Waals surface area (Å²) >= 11 is 11.4. The molecule has 0 radical (unpaired) electrons. The van der Waals surface area contributed by atoms with E-state index in [2.05, 4.69) is 0 Å². The van der Waals surface area contributed by atoms with Crippen molar-refractivity contribution in [1.82, 2.24) is 0 Å². The molecule has 1 aromatic carbocycles. The summed E-state index contributed by atoms with van der Waals surface area (Å²) in [5.41, 5.74) is 0.0949. The summed E-state index contributed by atoms with van der Waals surface area (Å²) in [6, 6.07) is 2.68. The van der Waals surface area contributed by atoms with Crippen LogP contribution in [-0.2, 0) is 16.0 Å². The van der Waals surface area contributed by atoms with E-state index < -0.39 is 16.0 Å². The predicted octanol–water partition coefficient (Wildman–Crippen LogP) is 2.80. The van der Waals surface area contributed by atoms with Gasteiger partial charge < -0.3 is 4.74 Å². The minimum Gasteiger partial charge on any atom is -0.495 e. The van der Waals surface area contributed by atoms with Crippen LogP contribution in [0.4, 0.5) is 3.89 Å². The van der Waals surface area contributed by atoms with Gasteiger partial charge in [-0.05, 0) is 12.1 Å². The van der Waals surface area contributed by atoms with E-state index in [1.165, 1.54) is 19.2 Å². The zero-order chi connectivity index (χ0) is 11.6. The highest BCUT2D eigenvalue weighted by molar-refractivity contribution is 7.85. The Bertz CT molecular complexity index is 473. The van der Waals surface area contributed by atoms with E-state index >= 15 is 0 Å². The third-order valence-electron chi connectivity index (χ3n) is 1.62. The number of hydrogen-bond donors (Lipinski definition) is 0. The van der Waals surface area contributed by atoms with Crippen LogP contribution in [0.1, 0.15) is 5.56 Å². The molecule has 0 aromatic heterocycles. The lowest BCUT2D eigenvalue weighted by Gasteiger charge is -2.09. The first-order valence-electron chi connectivity index (χ1n) is 3.77. The lowest BCUT2D eigenvalue weighted by Crippen LogP contribution is -2.00. The molecule has 0 spiro atoms. The zero-order valence-corrected chi connectivity index (χ0v) is 9.96. The highest BCUT2D eigenvalue weighted by atomic mass is 35.5. The highest BCUT2D eigenvalue weighted by Crippen LogP contribution is 2.33. The van der Waals surface area contributed by atoms with Gasteiger partial charge in [0.1, 0.15) is 11.5 Å². The smallest absolute Gasteiger partial charge is 0.306 e. The minimum absolute atomic E-state index is 0.0949. The molecule has 0 fully saturated rings. The fraction of sp³-hybridized carbons (Fsp3) is 0.250. The molecule has 0 heterocycles. The second kappa shape index (κ2) is 4.55. The van der Waals surface area contributed by atoms with Gasteiger partial charge in [-0.15, -0.1) is 3.89 Å². The summed E-state index contributed by atoms with van der Waals surface area (Å²) in [7, 11) is -3.33. The molecule has 0 aliphatic heterocycles. The quantitative estimate of drug-likeness (QED) is 0.795. The molecule has 84 valence electrons. The Morgan fingerprint density at radius 2 is 2.00 bits per heavy atom. The lowest BCUT2D eigenvalue weighted by molar-refractivity contribution is 0.411. The molecular weight excluding hydrogens is 266 g/mol. The van der Waals surface area contributed by atoms with Gasteiger partial charge in [-0.2, -0.15) is 8.42 Å². The van der Waals surface area contributed by atoms with Gasteiger partial charge in [-0.25, -0.2) is 0 Å². The number of halogens is 3. The Balaban J connectivity index is 3.27. The predicted molar refractivity (Wildman–Crippen MR) is 56.7 cm³/mol. The van der Waals surface area contributed by atoms with Crippen LogP contribution in [0.2, 0.25) is 10.0 Å². The summed E-state index contributed by atoms with van der Waals surface area (Å²) in [6.45, 7) is 0. The number of hydrogen-bond acceptors (Lipinski definition) is 3. The van der Waals surface area contributed by atoms with Crippen molar-refractivity contribution < 1.29 is 17.0 Å². The van der Waals surface area contributed by atoms with Gasteiger partial charge in [0.15, 0.2) is 0 Å². The van der Waals surface area contributed by atoms with E-state index in [1.807, 2.05) is 0 Å². The van der Waals surface area contributed by atoms with Crippen LogP contribution < -0.4 is 4.74 Å². The third kappa shape index (κ3) is 3.52. The van der Waals surface area contributed by atoms with E-state index in [0.717, 1.165) is 0 Å². The SMILES string of the molecule is COc1c(Cl)cc(Cl)cc1CS(=O)(=O)F. The van der Waals surface area contributed by atoms with Crippen molar-refractivity contribution in [2.45, 2.75) is 5.75 Å². The highest BCUT2D eigenvalue weighted by Gasteiger charge is 2.16. The van der Waals surface area contributed by atoms with E-state index in [4.69, 9.17) is 27.9 Å². The maximum Gasteiger partial charge on any atom is 0.306 e. The van der Waals surface area contributed by atoms with E-state index in [-0.39, 0.29) is 21.4 Å². The van der Waals surface area contributed by atoms with E-state index in [1.54, 1.807) is 0 Å². The minimum atomic E-state index is -4.64. The molecule has 1 aromatic rings. The van der Waals surface area contributed by atoms with E-state index in [0.29, 0.717) is 0 Å². The molecular formula is C8H7Cl2FO3S. The van der Waals surface area contributed by atoms with Crippen LogP contribution in [-0.4, -0.2) is 15.5 Å². The Morgan fingerprint density at radius 1 is 1.40 bits per heavy atom. The maximum absolute atomic E-state index is 12.5. The van der Waals surface area contributed by atoms with Crippen LogP contribution in [0.3, 0.4) is 0 Å². The second-order valence-electron chi connectivity index (χ2n) is 2.76. The van der Waals surface area contributed by atoms with Crippen molar-refractivity contribution in [2.75, 3.05) is 7.11 Å². The Hall–Kier alpha value is -0.520. The van der Waals surface area contributed by atoms with Crippen LogP contribution in [0, 0.1) is 0 Å². The van der Waals surface area contributed by atoms with Crippen LogP contribution in [0.5, 0.6) is 5.75 Å². The lowest BCUT2D eigenvalue weighted by atomic mass is 10.2. The van der Waals surface area contributed by atoms with Gasteiger partial charge in [-0.1, -0.05) is 23.2 Å². The second-order valence-corrected chi connectivity index (χ2v) is 4.97. The first-order valence-corrected chi connectivity index (χ1v) is 6.08. The van der Waals surface area contributed by atoms with Crippen molar-refractivity contribution in [1.29, 1.82) is 0 Å². The molecule has 15 heavy (non-hydrogen) atoms. The van der Waals surface area contributed by atoms with Crippen LogP contribution >= 0.6 is 23.2 Å². The molecule has 0 unspecified atom stereocenters. The monoisotopic (exact) mass is 272 g/mol. The standard InChI is InChI=1S/C8H7Cl2FO3S/c1-14-8-5(4-15(11,12)13)2-6(9)3-7(8)10/h2-3H,4H2,1H3. The largest absolute Gasteiger partial charge is 0.495 e. The Kier molecular flexibility index (Phi) is 3.81. The van der Waals surface area contributed by atoms with Crippen molar-refractivity contribution >= 4 is 33.4 Å². The normalized spacial score (nSPS) is 11.5. The van der Waals surface area contributed by atoms with Crippen molar-refractivity contribution in [2.24, 2.45) is 0 Å². The molecule has 0 atom stereocenters. The first-order chi connectivity index (χ1) is 6.83. The fourth-order valence-corrected chi connectivity index (χ4v) is 2.33.